The average molecular weight is 319 g/mol. The molecule has 1 rings (SSSR count). The fraction of sp³-hybridized carbons (Fsp3) is 0.417. The van der Waals surface area contributed by atoms with E-state index in [0.29, 0.717) is 17.3 Å². The molecule has 0 fully saturated rings. The lowest BCUT2D eigenvalue weighted by Crippen LogP contribution is -2.36. The molecule has 0 saturated heterocycles. The summed E-state index contributed by atoms with van der Waals surface area (Å²) in [4.78, 5) is 11.6. The Balaban J connectivity index is 2.51. The van der Waals surface area contributed by atoms with Crippen molar-refractivity contribution in [2.45, 2.75) is 25.8 Å². The standard InChI is InChI=1S/C12H16BrFN2O2/c1-8(3-2-6-17)15-12(18)16-11-7-9(13)4-5-10(11)14/h4-5,7-8,17H,2-3,6H2,1H3,(H2,15,16,18). The number of nitrogens with one attached hydrogen (secondary N) is 2. The fourth-order valence-corrected chi connectivity index (χ4v) is 1.81. The van der Waals surface area contributed by atoms with Gasteiger partial charge in [-0.05, 0) is 38.0 Å². The van der Waals surface area contributed by atoms with E-state index in [-0.39, 0.29) is 18.3 Å². The van der Waals surface area contributed by atoms with Crippen molar-refractivity contribution in [2.75, 3.05) is 11.9 Å². The number of urea groups is 1. The maximum absolute atomic E-state index is 13.4. The van der Waals surface area contributed by atoms with Gasteiger partial charge in [0.1, 0.15) is 5.82 Å². The minimum Gasteiger partial charge on any atom is -0.396 e. The summed E-state index contributed by atoms with van der Waals surface area (Å²) in [6.45, 7) is 1.92. The highest BCUT2D eigenvalue weighted by atomic mass is 79.9. The van der Waals surface area contributed by atoms with E-state index in [1.54, 1.807) is 6.07 Å². The molecule has 0 heterocycles. The topological polar surface area (TPSA) is 61.4 Å². The number of aliphatic hydroxyl groups is 1. The molecule has 0 aliphatic heterocycles. The summed E-state index contributed by atoms with van der Waals surface area (Å²) in [6, 6.07) is 3.79. The van der Waals surface area contributed by atoms with E-state index in [1.807, 2.05) is 6.92 Å². The maximum atomic E-state index is 13.4. The number of carbonyl (C=O) groups excluding carboxylic acids is 1. The van der Waals surface area contributed by atoms with Gasteiger partial charge in [-0.1, -0.05) is 15.9 Å². The van der Waals surface area contributed by atoms with E-state index in [2.05, 4.69) is 26.6 Å². The third-order valence-electron chi connectivity index (χ3n) is 2.35. The van der Waals surface area contributed by atoms with Crippen molar-refractivity contribution in [1.82, 2.24) is 5.32 Å². The average Bonchev–Trinajstić information content (AvgIpc) is 2.31. The highest BCUT2D eigenvalue weighted by molar-refractivity contribution is 9.10. The molecule has 18 heavy (non-hydrogen) atoms. The summed E-state index contributed by atoms with van der Waals surface area (Å²) >= 11 is 3.21. The van der Waals surface area contributed by atoms with Crippen molar-refractivity contribution in [3.63, 3.8) is 0 Å². The lowest BCUT2D eigenvalue weighted by atomic mass is 10.2. The van der Waals surface area contributed by atoms with Crippen LogP contribution in [-0.4, -0.2) is 23.8 Å². The Kier molecular flexibility index (Phi) is 6.07. The highest BCUT2D eigenvalue weighted by Crippen LogP contribution is 2.19. The number of hydrogen-bond acceptors (Lipinski definition) is 2. The Morgan fingerprint density at radius 3 is 2.94 bits per heavy atom. The molecular formula is C12H16BrFN2O2. The Labute approximate surface area is 114 Å². The molecule has 2 amide bonds. The molecule has 0 aromatic heterocycles. The maximum Gasteiger partial charge on any atom is 0.319 e. The molecule has 100 valence electrons. The second-order valence-electron chi connectivity index (χ2n) is 3.99. The molecule has 1 atom stereocenters. The van der Waals surface area contributed by atoms with Gasteiger partial charge < -0.3 is 15.7 Å². The number of anilines is 1. The van der Waals surface area contributed by atoms with Crippen molar-refractivity contribution in [1.29, 1.82) is 0 Å². The second kappa shape index (κ2) is 7.33. The Morgan fingerprint density at radius 2 is 2.28 bits per heavy atom. The van der Waals surface area contributed by atoms with E-state index in [1.165, 1.54) is 12.1 Å². The molecule has 1 aromatic rings. The number of rotatable bonds is 5. The monoisotopic (exact) mass is 318 g/mol. The van der Waals surface area contributed by atoms with Gasteiger partial charge in [0.25, 0.3) is 0 Å². The first kappa shape index (κ1) is 14.9. The van der Waals surface area contributed by atoms with E-state index < -0.39 is 11.8 Å². The van der Waals surface area contributed by atoms with E-state index in [0.717, 1.165) is 0 Å². The molecule has 0 spiro atoms. The molecule has 0 aliphatic rings. The van der Waals surface area contributed by atoms with Crippen LogP contribution in [0.25, 0.3) is 0 Å². The minimum absolute atomic E-state index is 0.0765. The van der Waals surface area contributed by atoms with Crippen LogP contribution in [0, 0.1) is 5.82 Å². The number of halogens is 2. The third kappa shape index (κ3) is 5.01. The summed E-state index contributed by atoms with van der Waals surface area (Å²) in [7, 11) is 0. The predicted octanol–water partition coefficient (Wildman–Crippen LogP) is 2.87. The zero-order valence-corrected chi connectivity index (χ0v) is 11.6. The zero-order chi connectivity index (χ0) is 13.5. The van der Waals surface area contributed by atoms with Crippen molar-refractivity contribution in [3.05, 3.63) is 28.5 Å². The molecule has 1 aromatic carbocycles. The van der Waals surface area contributed by atoms with Crippen molar-refractivity contribution in [2.24, 2.45) is 0 Å². The van der Waals surface area contributed by atoms with E-state index in [4.69, 9.17) is 5.11 Å². The number of carbonyl (C=O) groups is 1. The van der Waals surface area contributed by atoms with Gasteiger partial charge in [0.15, 0.2) is 0 Å². The van der Waals surface area contributed by atoms with E-state index in [9.17, 15) is 9.18 Å². The van der Waals surface area contributed by atoms with Crippen LogP contribution in [0.3, 0.4) is 0 Å². The van der Waals surface area contributed by atoms with Crippen molar-refractivity contribution < 1.29 is 14.3 Å². The third-order valence-corrected chi connectivity index (χ3v) is 2.84. The Hall–Kier alpha value is -1.14. The van der Waals surface area contributed by atoms with Gasteiger partial charge in [-0.2, -0.15) is 0 Å². The first-order valence-corrected chi connectivity index (χ1v) is 6.45. The quantitative estimate of drug-likeness (QED) is 0.781. The van der Waals surface area contributed by atoms with Gasteiger partial charge in [0.05, 0.1) is 5.69 Å². The summed E-state index contributed by atoms with van der Waals surface area (Å²) in [5.74, 6) is -0.489. The largest absolute Gasteiger partial charge is 0.396 e. The van der Waals surface area contributed by atoms with Crippen molar-refractivity contribution in [3.8, 4) is 0 Å². The molecule has 1 unspecified atom stereocenters. The molecule has 3 N–H and O–H groups in total. The SMILES string of the molecule is CC(CCCO)NC(=O)Nc1cc(Br)ccc1F. The van der Waals surface area contributed by atoms with Gasteiger partial charge in [0, 0.05) is 17.1 Å². The van der Waals surface area contributed by atoms with Crippen LogP contribution in [0.2, 0.25) is 0 Å². The molecule has 6 heteroatoms. The number of hydrogen-bond donors (Lipinski definition) is 3. The molecule has 0 radical (unpaired) electrons. The number of amides is 2. The van der Waals surface area contributed by atoms with Gasteiger partial charge in [0.2, 0.25) is 0 Å². The summed E-state index contributed by atoms with van der Waals surface area (Å²) in [5, 5.41) is 13.8. The summed E-state index contributed by atoms with van der Waals surface area (Å²) in [6.07, 6.45) is 1.29. The van der Waals surface area contributed by atoms with Crippen LogP contribution in [0.15, 0.2) is 22.7 Å². The van der Waals surface area contributed by atoms with Gasteiger partial charge in [-0.15, -0.1) is 0 Å². The lowest BCUT2D eigenvalue weighted by molar-refractivity contribution is 0.245. The van der Waals surface area contributed by atoms with E-state index >= 15 is 0 Å². The molecule has 0 aliphatic carbocycles. The fourth-order valence-electron chi connectivity index (χ4n) is 1.45. The molecular weight excluding hydrogens is 303 g/mol. The highest BCUT2D eigenvalue weighted by Gasteiger charge is 2.09. The smallest absolute Gasteiger partial charge is 0.319 e. The number of aliphatic hydroxyl groups excluding tert-OH is 1. The Morgan fingerprint density at radius 1 is 1.56 bits per heavy atom. The Bertz CT molecular complexity index is 415. The predicted molar refractivity (Wildman–Crippen MR) is 72.0 cm³/mol. The molecule has 0 bridgehead atoms. The summed E-state index contributed by atoms with van der Waals surface area (Å²) in [5.41, 5.74) is 0.122. The molecule has 4 nitrogen and oxygen atoms in total. The molecule has 0 saturated carbocycles. The second-order valence-corrected chi connectivity index (χ2v) is 4.91. The van der Waals surface area contributed by atoms with Crippen LogP contribution in [0.5, 0.6) is 0 Å². The van der Waals surface area contributed by atoms with Crippen molar-refractivity contribution >= 4 is 27.6 Å². The van der Waals surface area contributed by atoms with Crippen LogP contribution < -0.4 is 10.6 Å². The number of benzene rings is 1. The van der Waals surface area contributed by atoms with Crippen LogP contribution in [-0.2, 0) is 0 Å². The zero-order valence-electron chi connectivity index (χ0n) is 10.0. The van der Waals surface area contributed by atoms with Gasteiger partial charge >= 0.3 is 6.03 Å². The minimum atomic E-state index is -0.489. The first-order valence-electron chi connectivity index (χ1n) is 5.66. The van der Waals surface area contributed by atoms with Crippen LogP contribution in [0.4, 0.5) is 14.9 Å². The first-order chi connectivity index (χ1) is 8.52. The van der Waals surface area contributed by atoms with Gasteiger partial charge in [-0.3, -0.25) is 0 Å². The normalized spacial score (nSPS) is 12.0. The lowest BCUT2D eigenvalue weighted by Gasteiger charge is -2.14. The van der Waals surface area contributed by atoms with Gasteiger partial charge in [-0.25, -0.2) is 9.18 Å². The van der Waals surface area contributed by atoms with Crippen LogP contribution >= 0.6 is 15.9 Å². The summed E-state index contributed by atoms with van der Waals surface area (Å²) < 4.78 is 14.1. The van der Waals surface area contributed by atoms with Crippen LogP contribution in [0.1, 0.15) is 19.8 Å².